The van der Waals surface area contributed by atoms with Gasteiger partial charge >= 0.3 is 0 Å². The Bertz CT molecular complexity index is 557. The zero-order chi connectivity index (χ0) is 11.9. The zero-order valence-corrected chi connectivity index (χ0v) is 10.2. The fraction of sp³-hybridized carbons (Fsp3) is 0.417. The van der Waals surface area contributed by atoms with E-state index in [-0.39, 0.29) is 11.2 Å². The first kappa shape index (κ1) is 10.8. The number of benzene rings is 1. The number of para-hydroxylation sites is 1. The molecule has 0 spiro atoms. The van der Waals surface area contributed by atoms with E-state index in [1.165, 1.54) is 4.31 Å². The van der Waals surface area contributed by atoms with Gasteiger partial charge in [-0.15, -0.1) is 0 Å². The summed E-state index contributed by atoms with van der Waals surface area (Å²) >= 11 is 0. The van der Waals surface area contributed by atoms with Gasteiger partial charge in [0.2, 0.25) is 5.91 Å². The first-order chi connectivity index (χ1) is 8.22. The summed E-state index contributed by atoms with van der Waals surface area (Å²) in [6.07, 6.45) is 2.19. The van der Waals surface area contributed by atoms with Gasteiger partial charge in [0.05, 0.1) is 17.5 Å². The van der Waals surface area contributed by atoms with Crippen molar-refractivity contribution in [1.82, 2.24) is 0 Å². The SMILES string of the molecule is O=C1CCN=S(=O)(C2CC2)N1c1ccccc1. The Balaban J connectivity index is 2.11. The lowest BCUT2D eigenvalue weighted by Gasteiger charge is -2.29. The molecule has 1 amide bonds. The molecular weight excluding hydrogens is 236 g/mol. The van der Waals surface area contributed by atoms with E-state index in [0.717, 1.165) is 12.8 Å². The Labute approximate surface area is 101 Å². The highest BCUT2D eigenvalue weighted by atomic mass is 32.2. The largest absolute Gasteiger partial charge is 0.273 e. The minimum absolute atomic E-state index is 0.0666. The number of hydrogen-bond acceptors (Lipinski definition) is 3. The van der Waals surface area contributed by atoms with Crippen molar-refractivity contribution in [3.8, 4) is 0 Å². The Morgan fingerprint density at radius 2 is 1.94 bits per heavy atom. The fourth-order valence-electron chi connectivity index (χ4n) is 2.07. The molecule has 0 aromatic heterocycles. The molecule has 0 N–H and O–H groups in total. The van der Waals surface area contributed by atoms with Crippen LogP contribution in [0.4, 0.5) is 5.69 Å². The van der Waals surface area contributed by atoms with Gasteiger partial charge in [-0.2, -0.15) is 0 Å². The van der Waals surface area contributed by atoms with E-state index < -0.39 is 9.92 Å². The Morgan fingerprint density at radius 1 is 1.24 bits per heavy atom. The predicted molar refractivity (Wildman–Crippen MR) is 67.0 cm³/mol. The van der Waals surface area contributed by atoms with E-state index in [9.17, 15) is 9.00 Å². The van der Waals surface area contributed by atoms with Crippen molar-refractivity contribution < 1.29 is 9.00 Å². The van der Waals surface area contributed by atoms with Crippen LogP contribution in [0, 0.1) is 0 Å². The molecule has 90 valence electrons. The summed E-state index contributed by atoms with van der Waals surface area (Å²) in [7, 11) is -2.53. The lowest BCUT2D eigenvalue weighted by molar-refractivity contribution is -0.117. The van der Waals surface area contributed by atoms with E-state index in [4.69, 9.17) is 0 Å². The number of rotatable bonds is 2. The summed E-state index contributed by atoms with van der Waals surface area (Å²) in [5.41, 5.74) is 0.706. The van der Waals surface area contributed by atoms with Gasteiger partial charge in [-0.3, -0.25) is 4.79 Å². The van der Waals surface area contributed by atoms with Gasteiger partial charge in [0.1, 0.15) is 9.92 Å². The number of nitrogens with zero attached hydrogens (tertiary/aromatic N) is 2. The molecule has 2 aliphatic rings. The van der Waals surface area contributed by atoms with Gasteiger partial charge in [0.15, 0.2) is 0 Å². The topological polar surface area (TPSA) is 49.7 Å². The van der Waals surface area contributed by atoms with E-state index in [1.54, 1.807) is 0 Å². The number of anilines is 1. The van der Waals surface area contributed by atoms with E-state index in [2.05, 4.69) is 4.36 Å². The molecule has 0 bridgehead atoms. The molecule has 3 rings (SSSR count). The first-order valence-corrected chi connectivity index (χ1v) is 7.35. The van der Waals surface area contributed by atoms with Crippen molar-refractivity contribution in [2.75, 3.05) is 10.8 Å². The smallest absolute Gasteiger partial charge is 0.241 e. The maximum atomic E-state index is 12.8. The third kappa shape index (κ3) is 1.74. The predicted octanol–water partition coefficient (Wildman–Crippen LogP) is 1.97. The molecule has 1 aliphatic heterocycles. The molecule has 1 saturated carbocycles. The standard InChI is InChI=1S/C12H14N2O2S/c15-12-8-9-13-17(16,11-6-7-11)14(12)10-4-2-1-3-5-10/h1-5,11H,6-9H2. The quantitative estimate of drug-likeness (QED) is 0.805. The van der Waals surface area contributed by atoms with Gasteiger partial charge in [-0.05, 0) is 25.0 Å². The zero-order valence-electron chi connectivity index (χ0n) is 9.41. The van der Waals surface area contributed by atoms with Crippen LogP contribution >= 0.6 is 0 Å². The minimum atomic E-state index is -2.53. The number of amides is 1. The molecule has 1 heterocycles. The maximum Gasteiger partial charge on any atom is 0.241 e. The van der Waals surface area contributed by atoms with Crippen LogP contribution in [0.15, 0.2) is 34.7 Å². The Kier molecular flexibility index (Phi) is 2.43. The molecule has 17 heavy (non-hydrogen) atoms. The van der Waals surface area contributed by atoms with Gasteiger partial charge < -0.3 is 0 Å². The van der Waals surface area contributed by atoms with Crippen molar-refractivity contribution in [3.05, 3.63) is 30.3 Å². The van der Waals surface area contributed by atoms with Crippen molar-refractivity contribution in [2.24, 2.45) is 4.36 Å². The molecule has 1 aromatic carbocycles. The van der Waals surface area contributed by atoms with Crippen LogP contribution in [0.25, 0.3) is 0 Å². The molecule has 1 aromatic rings. The third-order valence-corrected chi connectivity index (χ3v) is 5.87. The van der Waals surface area contributed by atoms with Gasteiger partial charge in [-0.25, -0.2) is 12.9 Å². The summed E-state index contributed by atoms with van der Waals surface area (Å²) < 4.78 is 18.6. The van der Waals surface area contributed by atoms with Crippen molar-refractivity contribution in [2.45, 2.75) is 24.5 Å². The molecule has 1 aliphatic carbocycles. The molecule has 5 heteroatoms. The van der Waals surface area contributed by atoms with Crippen LogP contribution < -0.4 is 4.31 Å². The number of carbonyl (C=O) groups excluding carboxylic acids is 1. The van der Waals surface area contributed by atoms with Crippen LogP contribution in [0.2, 0.25) is 0 Å². The second-order valence-electron chi connectivity index (χ2n) is 4.36. The van der Waals surface area contributed by atoms with Crippen LogP contribution in [0.1, 0.15) is 19.3 Å². The number of hydrogen-bond donors (Lipinski definition) is 0. The van der Waals surface area contributed by atoms with Crippen LogP contribution in [0.3, 0.4) is 0 Å². The van der Waals surface area contributed by atoms with Crippen molar-refractivity contribution in [1.29, 1.82) is 0 Å². The summed E-state index contributed by atoms with van der Waals surface area (Å²) in [5, 5.41) is 0.0759. The summed E-state index contributed by atoms with van der Waals surface area (Å²) in [4.78, 5) is 12.0. The third-order valence-electron chi connectivity index (χ3n) is 3.04. The summed E-state index contributed by atoms with van der Waals surface area (Å²) in [6, 6.07) is 9.23. The highest BCUT2D eigenvalue weighted by Crippen LogP contribution is 2.37. The van der Waals surface area contributed by atoms with E-state index >= 15 is 0 Å². The van der Waals surface area contributed by atoms with Crippen molar-refractivity contribution in [3.63, 3.8) is 0 Å². The lowest BCUT2D eigenvalue weighted by atomic mass is 10.3. The molecule has 0 saturated heterocycles. The second kappa shape index (κ2) is 3.84. The Morgan fingerprint density at radius 3 is 2.59 bits per heavy atom. The average molecular weight is 250 g/mol. The van der Waals surface area contributed by atoms with Crippen LogP contribution in [-0.4, -0.2) is 21.9 Å². The first-order valence-electron chi connectivity index (χ1n) is 5.82. The molecule has 1 fully saturated rings. The van der Waals surface area contributed by atoms with Crippen molar-refractivity contribution >= 4 is 21.5 Å². The van der Waals surface area contributed by atoms with Gasteiger partial charge in [0, 0.05) is 6.42 Å². The highest BCUT2D eigenvalue weighted by Gasteiger charge is 2.42. The molecule has 0 radical (unpaired) electrons. The minimum Gasteiger partial charge on any atom is -0.273 e. The van der Waals surface area contributed by atoms with E-state index in [0.29, 0.717) is 18.7 Å². The van der Waals surface area contributed by atoms with E-state index in [1.807, 2.05) is 30.3 Å². The maximum absolute atomic E-state index is 12.8. The van der Waals surface area contributed by atoms with Gasteiger partial charge in [-0.1, -0.05) is 18.2 Å². The van der Waals surface area contributed by atoms with Gasteiger partial charge in [0.25, 0.3) is 0 Å². The number of carbonyl (C=O) groups is 1. The molecule has 4 nitrogen and oxygen atoms in total. The highest BCUT2D eigenvalue weighted by molar-refractivity contribution is 7.96. The molecular formula is C12H14N2O2S. The molecule has 1 unspecified atom stereocenters. The lowest BCUT2D eigenvalue weighted by Crippen LogP contribution is -2.42. The summed E-state index contributed by atoms with van der Waals surface area (Å²) in [5.74, 6) is -0.0666. The average Bonchev–Trinajstić information content (AvgIpc) is 3.14. The van der Waals surface area contributed by atoms with Crippen LogP contribution in [0.5, 0.6) is 0 Å². The van der Waals surface area contributed by atoms with Crippen LogP contribution in [-0.2, 0) is 14.7 Å². The molecule has 1 atom stereocenters. The summed E-state index contributed by atoms with van der Waals surface area (Å²) in [6.45, 7) is 0.400. The fourth-order valence-corrected chi connectivity index (χ4v) is 4.60. The normalized spacial score (nSPS) is 28.9. The Hall–Kier alpha value is -1.36. The second-order valence-corrected chi connectivity index (χ2v) is 6.73. The monoisotopic (exact) mass is 250 g/mol.